The van der Waals surface area contributed by atoms with Crippen molar-refractivity contribution in [2.75, 3.05) is 18.1 Å². The highest BCUT2D eigenvalue weighted by Crippen LogP contribution is 2.22. The lowest BCUT2D eigenvalue weighted by molar-refractivity contribution is -0.123. The summed E-state index contributed by atoms with van der Waals surface area (Å²) in [6, 6.07) is 14.6. The number of hydrogen-bond donors (Lipinski definition) is 1. The van der Waals surface area contributed by atoms with E-state index in [-0.39, 0.29) is 30.9 Å². The van der Waals surface area contributed by atoms with E-state index in [0.29, 0.717) is 18.0 Å². The van der Waals surface area contributed by atoms with Crippen LogP contribution in [0, 0.1) is 5.82 Å². The van der Waals surface area contributed by atoms with Gasteiger partial charge in [0.05, 0.1) is 6.04 Å². The SMILES string of the molecule is O=C(COc1ccccc1)N[C@@H]1CC(=O)N(c2cccc(F)c2)C1. The molecule has 0 spiro atoms. The maximum absolute atomic E-state index is 13.3. The number of para-hydroxylation sites is 1. The fraction of sp³-hybridized carbons (Fsp3) is 0.222. The van der Waals surface area contributed by atoms with Crippen molar-refractivity contribution >= 4 is 17.5 Å². The first kappa shape index (κ1) is 16.0. The number of benzene rings is 2. The number of amides is 2. The van der Waals surface area contributed by atoms with E-state index < -0.39 is 5.82 Å². The summed E-state index contributed by atoms with van der Waals surface area (Å²) in [5.41, 5.74) is 0.497. The summed E-state index contributed by atoms with van der Waals surface area (Å²) in [6.45, 7) is 0.202. The smallest absolute Gasteiger partial charge is 0.258 e. The van der Waals surface area contributed by atoms with Crippen molar-refractivity contribution in [2.45, 2.75) is 12.5 Å². The Morgan fingerprint density at radius 3 is 2.75 bits per heavy atom. The Morgan fingerprint density at radius 1 is 1.21 bits per heavy atom. The van der Waals surface area contributed by atoms with Gasteiger partial charge in [0.2, 0.25) is 5.91 Å². The van der Waals surface area contributed by atoms with Crippen LogP contribution >= 0.6 is 0 Å². The van der Waals surface area contributed by atoms with E-state index in [2.05, 4.69) is 5.32 Å². The molecule has 1 aliphatic rings. The molecule has 0 aromatic heterocycles. The van der Waals surface area contributed by atoms with E-state index in [1.165, 1.54) is 17.0 Å². The molecular weight excluding hydrogens is 311 g/mol. The average Bonchev–Trinajstić information content (AvgIpc) is 2.94. The second-order valence-corrected chi connectivity index (χ2v) is 5.55. The van der Waals surface area contributed by atoms with Crippen LogP contribution in [0.3, 0.4) is 0 Å². The second kappa shape index (κ2) is 7.12. The summed E-state index contributed by atoms with van der Waals surface area (Å²) in [4.78, 5) is 25.5. The normalized spacial score (nSPS) is 17.0. The van der Waals surface area contributed by atoms with Gasteiger partial charge in [0, 0.05) is 18.7 Å². The third kappa shape index (κ3) is 3.90. The summed E-state index contributed by atoms with van der Waals surface area (Å²) in [7, 11) is 0. The summed E-state index contributed by atoms with van der Waals surface area (Å²) in [5, 5.41) is 2.77. The molecule has 0 saturated carbocycles. The van der Waals surface area contributed by atoms with Gasteiger partial charge in [-0.25, -0.2) is 4.39 Å². The van der Waals surface area contributed by atoms with Gasteiger partial charge in [0.25, 0.3) is 5.91 Å². The van der Waals surface area contributed by atoms with E-state index in [4.69, 9.17) is 4.74 Å². The standard InChI is InChI=1S/C18H17FN2O3/c19-13-5-4-6-15(9-13)21-11-14(10-18(21)23)20-17(22)12-24-16-7-2-1-3-8-16/h1-9,14H,10-12H2,(H,20,22)/t14-/m1/s1. The molecule has 1 N–H and O–H groups in total. The number of anilines is 1. The largest absolute Gasteiger partial charge is 0.484 e. The quantitative estimate of drug-likeness (QED) is 0.915. The van der Waals surface area contributed by atoms with Gasteiger partial charge in [-0.2, -0.15) is 0 Å². The van der Waals surface area contributed by atoms with Crippen molar-refractivity contribution in [3.05, 3.63) is 60.4 Å². The zero-order chi connectivity index (χ0) is 16.9. The lowest BCUT2D eigenvalue weighted by Gasteiger charge is -2.17. The van der Waals surface area contributed by atoms with Crippen molar-refractivity contribution in [3.63, 3.8) is 0 Å². The zero-order valence-electron chi connectivity index (χ0n) is 12.9. The molecule has 24 heavy (non-hydrogen) atoms. The Bertz CT molecular complexity index is 736. The molecule has 0 bridgehead atoms. The first-order valence-electron chi connectivity index (χ1n) is 7.65. The van der Waals surface area contributed by atoms with E-state index in [9.17, 15) is 14.0 Å². The van der Waals surface area contributed by atoms with Crippen LogP contribution in [-0.4, -0.2) is 31.0 Å². The Hall–Kier alpha value is -2.89. The number of ether oxygens (including phenoxy) is 1. The molecule has 0 radical (unpaired) electrons. The Kier molecular flexibility index (Phi) is 4.74. The molecule has 1 fully saturated rings. The van der Waals surface area contributed by atoms with Gasteiger partial charge in [-0.3, -0.25) is 9.59 Å². The maximum Gasteiger partial charge on any atom is 0.258 e. The van der Waals surface area contributed by atoms with Crippen molar-refractivity contribution in [2.24, 2.45) is 0 Å². The Balaban J connectivity index is 1.53. The molecule has 1 aliphatic heterocycles. The second-order valence-electron chi connectivity index (χ2n) is 5.55. The van der Waals surface area contributed by atoms with Gasteiger partial charge in [-0.1, -0.05) is 24.3 Å². The summed E-state index contributed by atoms with van der Waals surface area (Å²) < 4.78 is 18.7. The third-order valence-electron chi connectivity index (χ3n) is 3.72. The Labute approximate surface area is 139 Å². The van der Waals surface area contributed by atoms with Crippen LogP contribution in [0.4, 0.5) is 10.1 Å². The predicted octanol–water partition coefficient (Wildman–Crippen LogP) is 2.13. The minimum absolute atomic E-state index is 0.116. The summed E-state index contributed by atoms with van der Waals surface area (Å²) >= 11 is 0. The van der Waals surface area contributed by atoms with Crippen molar-refractivity contribution in [1.82, 2.24) is 5.32 Å². The van der Waals surface area contributed by atoms with E-state index in [0.717, 1.165) is 0 Å². The van der Waals surface area contributed by atoms with E-state index >= 15 is 0 Å². The molecule has 0 unspecified atom stereocenters. The van der Waals surface area contributed by atoms with Crippen LogP contribution < -0.4 is 15.0 Å². The van der Waals surface area contributed by atoms with Gasteiger partial charge < -0.3 is 15.0 Å². The van der Waals surface area contributed by atoms with Crippen molar-refractivity contribution in [3.8, 4) is 5.75 Å². The van der Waals surface area contributed by atoms with E-state index in [1.807, 2.05) is 18.2 Å². The van der Waals surface area contributed by atoms with Crippen LogP contribution in [0.15, 0.2) is 54.6 Å². The lowest BCUT2D eigenvalue weighted by atomic mass is 10.2. The van der Waals surface area contributed by atoms with Crippen LogP contribution in [0.25, 0.3) is 0 Å². The molecule has 2 aromatic rings. The van der Waals surface area contributed by atoms with Crippen molar-refractivity contribution in [1.29, 1.82) is 0 Å². The predicted molar refractivity (Wildman–Crippen MR) is 87.2 cm³/mol. The molecule has 1 saturated heterocycles. The number of nitrogens with one attached hydrogen (secondary N) is 1. The number of carbonyl (C=O) groups is 2. The minimum atomic E-state index is -0.399. The van der Waals surface area contributed by atoms with Crippen LogP contribution in [-0.2, 0) is 9.59 Å². The van der Waals surface area contributed by atoms with Crippen LogP contribution in [0.5, 0.6) is 5.75 Å². The molecule has 3 rings (SSSR count). The third-order valence-corrected chi connectivity index (χ3v) is 3.72. The molecule has 2 amide bonds. The molecule has 1 heterocycles. The first-order valence-corrected chi connectivity index (χ1v) is 7.65. The lowest BCUT2D eigenvalue weighted by Crippen LogP contribution is -2.39. The molecule has 1 atom stereocenters. The minimum Gasteiger partial charge on any atom is -0.484 e. The number of nitrogens with zero attached hydrogens (tertiary/aromatic N) is 1. The van der Waals surface area contributed by atoms with Gasteiger partial charge in [0.15, 0.2) is 6.61 Å². The van der Waals surface area contributed by atoms with Gasteiger partial charge in [-0.05, 0) is 30.3 Å². The van der Waals surface area contributed by atoms with Crippen LogP contribution in [0.2, 0.25) is 0 Å². The number of rotatable bonds is 5. The maximum atomic E-state index is 13.3. The molecule has 124 valence electrons. The zero-order valence-corrected chi connectivity index (χ0v) is 12.9. The number of carbonyl (C=O) groups excluding carboxylic acids is 2. The molecule has 6 heteroatoms. The number of halogens is 1. The van der Waals surface area contributed by atoms with Gasteiger partial charge in [-0.15, -0.1) is 0 Å². The highest BCUT2D eigenvalue weighted by Gasteiger charge is 2.31. The fourth-order valence-electron chi connectivity index (χ4n) is 2.63. The van der Waals surface area contributed by atoms with Crippen molar-refractivity contribution < 1.29 is 18.7 Å². The molecular formula is C18H17FN2O3. The molecule has 5 nitrogen and oxygen atoms in total. The Morgan fingerprint density at radius 2 is 2.00 bits per heavy atom. The summed E-state index contributed by atoms with van der Waals surface area (Å²) in [6.07, 6.45) is 0.188. The molecule has 0 aliphatic carbocycles. The fourth-order valence-corrected chi connectivity index (χ4v) is 2.63. The van der Waals surface area contributed by atoms with Crippen LogP contribution in [0.1, 0.15) is 6.42 Å². The topological polar surface area (TPSA) is 58.6 Å². The van der Waals surface area contributed by atoms with E-state index in [1.54, 1.807) is 24.3 Å². The van der Waals surface area contributed by atoms with Gasteiger partial charge >= 0.3 is 0 Å². The van der Waals surface area contributed by atoms with Gasteiger partial charge in [0.1, 0.15) is 11.6 Å². The average molecular weight is 328 g/mol. The monoisotopic (exact) mass is 328 g/mol. The first-order chi connectivity index (χ1) is 11.6. The number of hydrogen-bond acceptors (Lipinski definition) is 3. The molecule has 2 aromatic carbocycles. The highest BCUT2D eigenvalue weighted by molar-refractivity contribution is 5.96. The summed E-state index contributed by atoms with van der Waals surface area (Å²) in [5.74, 6) is -0.229. The highest BCUT2D eigenvalue weighted by atomic mass is 19.1.